The lowest BCUT2D eigenvalue weighted by atomic mass is 10.2. The molecule has 2 amide bonds. The van der Waals surface area contributed by atoms with Crippen LogP contribution < -0.4 is 10.9 Å². The number of nitrogens with one attached hydrogen (secondary N) is 2. The molecule has 1 heterocycles. The molecule has 7 nitrogen and oxygen atoms in total. The van der Waals surface area contributed by atoms with Crippen LogP contribution >= 0.6 is 35.0 Å². The Kier molecular flexibility index (Phi) is 7.34. The highest BCUT2D eigenvalue weighted by atomic mass is 35.5. The number of halogens is 2. The molecule has 1 aliphatic carbocycles. The summed E-state index contributed by atoms with van der Waals surface area (Å²) in [5.41, 5.74) is 6.05. The summed E-state index contributed by atoms with van der Waals surface area (Å²) in [4.78, 5) is 24.5. The molecule has 1 aromatic heterocycles. The monoisotopic (exact) mass is 489 g/mol. The SMILES string of the molecule is O=C(CSc1nnc(-c2ccccc2Cl)n1C1CCCC1)NNC(=O)c1ccc(Cl)cc1. The van der Waals surface area contributed by atoms with Crippen molar-refractivity contribution >= 4 is 46.8 Å². The average molecular weight is 490 g/mol. The summed E-state index contributed by atoms with van der Waals surface area (Å²) < 4.78 is 2.10. The van der Waals surface area contributed by atoms with Gasteiger partial charge in [0.2, 0.25) is 5.91 Å². The smallest absolute Gasteiger partial charge is 0.269 e. The first kappa shape index (κ1) is 22.6. The van der Waals surface area contributed by atoms with Gasteiger partial charge < -0.3 is 0 Å². The largest absolute Gasteiger partial charge is 0.299 e. The van der Waals surface area contributed by atoms with Gasteiger partial charge in [0.05, 0.1) is 10.8 Å². The van der Waals surface area contributed by atoms with E-state index in [1.807, 2.05) is 24.3 Å². The number of benzene rings is 2. The first-order chi connectivity index (χ1) is 15.5. The topological polar surface area (TPSA) is 88.9 Å². The van der Waals surface area contributed by atoms with Crippen LogP contribution in [0.4, 0.5) is 0 Å². The van der Waals surface area contributed by atoms with Crippen molar-refractivity contribution in [2.75, 3.05) is 5.75 Å². The Balaban J connectivity index is 1.42. The van der Waals surface area contributed by atoms with Gasteiger partial charge in [-0.25, -0.2) is 0 Å². The molecular formula is C22H21Cl2N5O2S. The Labute approximate surface area is 199 Å². The van der Waals surface area contributed by atoms with Crippen molar-refractivity contribution in [1.82, 2.24) is 25.6 Å². The maximum atomic E-state index is 12.3. The molecule has 0 atom stereocenters. The van der Waals surface area contributed by atoms with Crippen molar-refractivity contribution in [2.45, 2.75) is 36.9 Å². The van der Waals surface area contributed by atoms with Gasteiger partial charge in [0.15, 0.2) is 11.0 Å². The van der Waals surface area contributed by atoms with Gasteiger partial charge in [-0.05, 0) is 49.2 Å². The Hall–Kier alpha value is -2.55. The average Bonchev–Trinajstić information content (AvgIpc) is 3.46. The minimum atomic E-state index is -0.421. The predicted molar refractivity (Wildman–Crippen MR) is 126 cm³/mol. The summed E-state index contributed by atoms with van der Waals surface area (Å²) in [6.07, 6.45) is 4.36. The van der Waals surface area contributed by atoms with Crippen molar-refractivity contribution in [3.8, 4) is 11.4 Å². The van der Waals surface area contributed by atoms with Crippen molar-refractivity contribution in [2.24, 2.45) is 0 Å². The van der Waals surface area contributed by atoms with Gasteiger partial charge in [-0.2, -0.15) is 0 Å². The number of hydrogen-bond donors (Lipinski definition) is 2. The fourth-order valence-corrected chi connectivity index (χ4v) is 4.81. The molecule has 32 heavy (non-hydrogen) atoms. The van der Waals surface area contributed by atoms with E-state index in [0.29, 0.717) is 26.6 Å². The van der Waals surface area contributed by atoms with Crippen LogP contribution in [-0.4, -0.2) is 32.3 Å². The normalized spacial score (nSPS) is 13.8. The second-order valence-electron chi connectivity index (χ2n) is 7.39. The second-order valence-corrected chi connectivity index (χ2v) is 9.18. The standard InChI is InChI=1S/C22H21Cl2N5O2S/c23-15-11-9-14(10-12-15)21(31)27-25-19(30)13-32-22-28-26-20(17-7-3-4-8-18(17)24)29(22)16-5-1-2-6-16/h3-4,7-12,16H,1-2,5-6,13H2,(H,25,30)(H,27,31). The third-order valence-electron chi connectivity index (χ3n) is 5.22. The molecule has 0 spiro atoms. The van der Waals surface area contributed by atoms with E-state index in [1.165, 1.54) is 11.8 Å². The van der Waals surface area contributed by atoms with Crippen LogP contribution in [-0.2, 0) is 4.79 Å². The second kappa shape index (κ2) is 10.4. The first-order valence-electron chi connectivity index (χ1n) is 10.2. The van der Waals surface area contributed by atoms with Crippen LogP contribution in [0.1, 0.15) is 42.1 Å². The number of amides is 2. The molecule has 1 fully saturated rings. The van der Waals surface area contributed by atoms with Gasteiger partial charge >= 0.3 is 0 Å². The molecule has 0 radical (unpaired) electrons. The number of carbonyl (C=O) groups excluding carboxylic acids is 2. The Morgan fingerprint density at radius 1 is 1.00 bits per heavy atom. The Bertz CT molecular complexity index is 1110. The van der Waals surface area contributed by atoms with Crippen molar-refractivity contribution in [3.63, 3.8) is 0 Å². The Morgan fingerprint density at radius 3 is 2.44 bits per heavy atom. The maximum Gasteiger partial charge on any atom is 0.269 e. The minimum Gasteiger partial charge on any atom is -0.299 e. The molecule has 3 aromatic rings. The summed E-state index contributed by atoms with van der Waals surface area (Å²) in [5.74, 6) is 0.0167. The molecule has 0 saturated heterocycles. The van der Waals surface area contributed by atoms with E-state index in [1.54, 1.807) is 24.3 Å². The lowest BCUT2D eigenvalue weighted by Crippen LogP contribution is -2.42. The molecule has 1 saturated carbocycles. The van der Waals surface area contributed by atoms with Crippen LogP contribution in [0.15, 0.2) is 53.7 Å². The zero-order valence-electron chi connectivity index (χ0n) is 17.1. The van der Waals surface area contributed by atoms with E-state index in [4.69, 9.17) is 23.2 Å². The molecule has 0 aliphatic heterocycles. The molecule has 0 unspecified atom stereocenters. The summed E-state index contributed by atoms with van der Waals surface area (Å²) in [5, 5.41) is 10.5. The summed E-state index contributed by atoms with van der Waals surface area (Å²) in [7, 11) is 0. The third kappa shape index (κ3) is 5.26. The van der Waals surface area contributed by atoms with E-state index >= 15 is 0 Å². The zero-order valence-corrected chi connectivity index (χ0v) is 19.4. The minimum absolute atomic E-state index is 0.0777. The van der Waals surface area contributed by atoms with Gasteiger partial charge in [-0.15, -0.1) is 10.2 Å². The lowest BCUT2D eigenvalue weighted by Gasteiger charge is -2.17. The summed E-state index contributed by atoms with van der Waals surface area (Å²) in [6, 6.07) is 14.2. The van der Waals surface area contributed by atoms with Gasteiger partial charge in [-0.1, -0.05) is 59.9 Å². The number of hydrazine groups is 1. The van der Waals surface area contributed by atoms with E-state index in [2.05, 4.69) is 25.6 Å². The molecular weight excluding hydrogens is 469 g/mol. The number of nitrogens with zero attached hydrogens (tertiary/aromatic N) is 3. The van der Waals surface area contributed by atoms with Crippen LogP contribution in [0.3, 0.4) is 0 Å². The van der Waals surface area contributed by atoms with Crippen molar-refractivity contribution in [3.05, 3.63) is 64.1 Å². The molecule has 1 aliphatic rings. The highest BCUT2D eigenvalue weighted by molar-refractivity contribution is 7.99. The summed E-state index contributed by atoms with van der Waals surface area (Å²) in [6.45, 7) is 0. The van der Waals surface area contributed by atoms with Crippen LogP contribution in [0.25, 0.3) is 11.4 Å². The molecule has 166 valence electrons. The van der Waals surface area contributed by atoms with E-state index in [-0.39, 0.29) is 17.7 Å². The van der Waals surface area contributed by atoms with Crippen molar-refractivity contribution in [1.29, 1.82) is 0 Å². The van der Waals surface area contributed by atoms with Gasteiger partial charge in [-0.3, -0.25) is 25.0 Å². The molecule has 4 rings (SSSR count). The lowest BCUT2D eigenvalue weighted by molar-refractivity contribution is -0.119. The highest BCUT2D eigenvalue weighted by Gasteiger charge is 2.26. The predicted octanol–water partition coefficient (Wildman–Crippen LogP) is 4.92. The first-order valence-corrected chi connectivity index (χ1v) is 11.9. The molecule has 2 N–H and O–H groups in total. The fourth-order valence-electron chi connectivity index (χ4n) is 3.66. The number of hydrogen-bond acceptors (Lipinski definition) is 5. The van der Waals surface area contributed by atoms with Crippen LogP contribution in [0.2, 0.25) is 10.0 Å². The molecule has 2 aromatic carbocycles. The number of aromatic nitrogens is 3. The molecule has 0 bridgehead atoms. The molecule has 10 heteroatoms. The third-order valence-corrected chi connectivity index (χ3v) is 6.75. The zero-order chi connectivity index (χ0) is 22.5. The van der Waals surface area contributed by atoms with E-state index in [9.17, 15) is 9.59 Å². The summed E-state index contributed by atoms with van der Waals surface area (Å²) >= 11 is 13.5. The van der Waals surface area contributed by atoms with E-state index in [0.717, 1.165) is 31.2 Å². The number of rotatable bonds is 6. The van der Waals surface area contributed by atoms with Gasteiger partial charge in [0.25, 0.3) is 5.91 Å². The van der Waals surface area contributed by atoms with Gasteiger partial charge in [0.1, 0.15) is 0 Å². The van der Waals surface area contributed by atoms with Gasteiger partial charge in [0, 0.05) is 22.2 Å². The van der Waals surface area contributed by atoms with Crippen LogP contribution in [0.5, 0.6) is 0 Å². The van der Waals surface area contributed by atoms with E-state index < -0.39 is 5.91 Å². The van der Waals surface area contributed by atoms with Crippen molar-refractivity contribution < 1.29 is 9.59 Å². The fraction of sp³-hybridized carbons (Fsp3) is 0.273. The highest BCUT2D eigenvalue weighted by Crippen LogP contribution is 2.38. The number of carbonyl (C=O) groups is 2. The quantitative estimate of drug-likeness (QED) is 0.378. The van der Waals surface area contributed by atoms with Crippen LogP contribution in [0, 0.1) is 0 Å². The maximum absolute atomic E-state index is 12.3. The Morgan fingerprint density at radius 2 is 1.72 bits per heavy atom. The number of thioether (sulfide) groups is 1.